The van der Waals surface area contributed by atoms with Crippen molar-refractivity contribution in [3.8, 4) is 0 Å². The summed E-state index contributed by atoms with van der Waals surface area (Å²) in [7, 11) is 0. The van der Waals surface area contributed by atoms with Crippen LogP contribution >= 0.6 is 0 Å². The Balaban J connectivity index is 0.00000176. The van der Waals surface area contributed by atoms with Crippen LogP contribution in [0.3, 0.4) is 0 Å². The second kappa shape index (κ2) is 15.5. The van der Waals surface area contributed by atoms with Gasteiger partial charge in [0.2, 0.25) is 0 Å². The van der Waals surface area contributed by atoms with Gasteiger partial charge in [-0.3, -0.25) is 15.4 Å². The third kappa shape index (κ3) is 9.23. The summed E-state index contributed by atoms with van der Waals surface area (Å²) in [4.78, 5) is 8.56. The van der Waals surface area contributed by atoms with E-state index in [-0.39, 0.29) is 0 Å². The Bertz CT molecular complexity index is 918. The molecule has 32 heavy (non-hydrogen) atoms. The SMILES string of the molecule is C=NN/C=C(\COCCC1=CC=C(CC2=NC=CCC=C2)C=CC1)c1ccncc1.CC. The van der Waals surface area contributed by atoms with Gasteiger partial charge in [-0.05, 0) is 48.6 Å². The minimum atomic E-state index is 0.496. The van der Waals surface area contributed by atoms with Crippen molar-refractivity contribution in [1.82, 2.24) is 10.4 Å². The fraction of sp³-hybridized carbons (Fsp3) is 0.296. The fourth-order valence-electron chi connectivity index (χ4n) is 3.15. The molecule has 5 nitrogen and oxygen atoms in total. The normalized spacial score (nSPS) is 15.4. The predicted molar refractivity (Wildman–Crippen MR) is 137 cm³/mol. The Hall–Kier alpha value is -3.31. The predicted octanol–water partition coefficient (Wildman–Crippen LogP) is 6.18. The van der Waals surface area contributed by atoms with Crippen LogP contribution in [0.25, 0.3) is 5.57 Å². The van der Waals surface area contributed by atoms with Gasteiger partial charge in [0.1, 0.15) is 0 Å². The standard InChI is InChI=1S/C25H28N4O.C2H6/c1-26-29-19-24(23-11-15-27-16-12-23)20-30-17-13-21-6-5-7-22(10-9-21)18-25-8-3-2-4-14-28-25;1-2/h3-5,7-12,14-16,19,29H,1-2,6,13,17-18,20H2;1-2H3/b24-19+;. The smallest absolute Gasteiger partial charge is 0.0737 e. The van der Waals surface area contributed by atoms with Crippen molar-refractivity contribution in [2.24, 2.45) is 10.1 Å². The minimum Gasteiger partial charge on any atom is -0.376 e. The van der Waals surface area contributed by atoms with Gasteiger partial charge in [-0.1, -0.05) is 55.9 Å². The number of aliphatic imine (C=N–C) groups is 1. The molecule has 1 aromatic rings. The second-order valence-electron chi connectivity index (χ2n) is 6.99. The number of nitrogens with one attached hydrogen (secondary N) is 1. The molecule has 0 spiro atoms. The third-order valence-corrected chi connectivity index (χ3v) is 4.76. The van der Waals surface area contributed by atoms with Crippen molar-refractivity contribution in [2.75, 3.05) is 13.2 Å². The van der Waals surface area contributed by atoms with E-state index in [9.17, 15) is 0 Å². The Kier molecular flexibility index (Phi) is 12.1. The third-order valence-electron chi connectivity index (χ3n) is 4.76. The van der Waals surface area contributed by atoms with Gasteiger partial charge in [0.25, 0.3) is 0 Å². The van der Waals surface area contributed by atoms with Crippen molar-refractivity contribution < 1.29 is 4.74 Å². The van der Waals surface area contributed by atoms with Gasteiger partial charge in [-0.25, -0.2) is 0 Å². The van der Waals surface area contributed by atoms with E-state index < -0.39 is 0 Å². The number of hydrazone groups is 1. The Labute approximate surface area is 192 Å². The lowest BCUT2D eigenvalue weighted by molar-refractivity contribution is 0.170. The molecule has 0 radical (unpaired) electrons. The fourth-order valence-corrected chi connectivity index (χ4v) is 3.15. The summed E-state index contributed by atoms with van der Waals surface area (Å²) in [6.45, 7) is 8.60. The molecule has 0 atom stereocenters. The highest BCUT2D eigenvalue weighted by Gasteiger charge is 2.05. The van der Waals surface area contributed by atoms with Crippen LogP contribution in [0, 0.1) is 0 Å². The van der Waals surface area contributed by atoms with Crippen molar-refractivity contribution in [2.45, 2.75) is 39.5 Å². The van der Waals surface area contributed by atoms with Crippen molar-refractivity contribution in [1.29, 1.82) is 0 Å². The Morgan fingerprint density at radius 1 is 1.16 bits per heavy atom. The first kappa shape index (κ1) is 25.0. The van der Waals surface area contributed by atoms with E-state index in [4.69, 9.17) is 4.74 Å². The van der Waals surface area contributed by atoms with E-state index in [0.29, 0.717) is 13.2 Å². The van der Waals surface area contributed by atoms with Gasteiger partial charge >= 0.3 is 0 Å². The summed E-state index contributed by atoms with van der Waals surface area (Å²) >= 11 is 0. The lowest BCUT2D eigenvalue weighted by atomic mass is 10.1. The molecule has 1 aliphatic heterocycles. The molecule has 0 unspecified atom stereocenters. The largest absolute Gasteiger partial charge is 0.376 e. The number of pyridine rings is 1. The summed E-state index contributed by atoms with van der Waals surface area (Å²) in [5, 5.41) is 3.68. The molecule has 1 aromatic heterocycles. The van der Waals surface area contributed by atoms with Crippen LogP contribution in [0.15, 0.2) is 101 Å². The van der Waals surface area contributed by atoms with Gasteiger partial charge < -0.3 is 4.74 Å². The van der Waals surface area contributed by atoms with E-state index in [2.05, 4.69) is 69.8 Å². The topological polar surface area (TPSA) is 58.9 Å². The average Bonchev–Trinajstić information content (AvgIpc) is 3.24. The van der Waals surface area contributed by atoms with Gasteiger partial charge in [-0.2, -0.15) is 5.10 Å². The number of hydrogen-bond donors (Lipinski definition) is 1. The number of nitrogens with zero attached hydrogens (tertiary/aromatic N) is 3. The highest BCUT2D eigenvalue weighted by atomic mass is 16.5. The summed E-state index contributed by atoms with van der Waals surface area (Å²) < 4.78 is 5.94. The molecule has 1 N–H and O–H groups in total. The Morgan fingerprint density at radius 2 is 2.00 bits per heavy atom. The van der Waals surface area contributed by atoms with Crippen molar-refractivity contribution in [3.05, 3.63) is 96.2 Å². The maximum atomic E-state index is 5.94. The van der Waals surface area contributed by atoms with E-state index in [1.165, 1.54) is 11.1 Å². The van der Waals surface area contributed by atoms with Gasteiger partial charge in [-0.15, -0.1) is 0 Å². The monoisotopic (exact) mass is 430 g/mol. The first-order chi connectivity index (χ1) is 15.8. The number of hydrogen-bond acceptors (Lipinski definition) is 5. The molecule has 0 bridgehead atoms. The quantitative estimate of drug-likeness (QED) is 0.274. The van der Waals surface area contributed by atoms with Gasteiger partial charge in [0, 0.05) is 49.2 Å². The molecule has 0 saturated heterocycles. The van der Waals surface area contributed by atoms with Crippen molar-refractivity contribution >= 4 is 18.0 Å². The van der Waals surface area contributed by atoms with E-state index >= 15 is 0 Å². The molecule has 2 aliphatic rings. The van der Waals surface area contributed by atoms with Crippen LogP contribution in [-0.2, 0) is 4.74 Å². The lowest BCUT2D eigenvalue weighted by Gasteiger charge is -2.10. The average molecular weight is 431 g/mol. The highest BCUT2D eigenvalue weighted by Crippen LogP contribution is 2.19. The molecule has 2 heterocycles. The molecule has 3 rings (SSSR count). The molecule has 0 fully saturated rings. The molecule has 0 aromatic carbocycles. The van der Waals surface area contributed by atoms with Crippen LogP contribution in [-0.4, -0.2) is 30.6 Å². The summed E-state index contributed by atoms with van der Waals surface area (Å²) in [5.74, 6) is 0. The van der Waals surface area contributed by atoms with E-state index in [0.717, 1.165) is 42.5 Å². The van der Waals surface area contributed by atoms with Crippen LogP contribution in [0.4, 0.5) is 0 Å². The van der Waals surface area contributed by atoms with Crippen LogP contribution in [0.1, 0.15) is 45.1 Å². The zero-order valence-electron chi connectivity index (χ0n) is 19.2. The van der Waals surface area contributed by atoms with Gasteiger partial charge in [0.05, 0.1) is 13.2 Å². The number of allylic oxidation sites excluding steroid dienone is 8. The zero-order valence-corrected chi connectivity index (χ0v) is 19.2. The number of rotatable bonds is 10. The van der Waals surface area contributed by atoms with Gasteiger partial charge in [0.15, 0.2) is 0 Å². The summed E-state index contributed by atoms with van der Waals surface area (Å²) in [6, 6.07) is 3.91. The maximum Gasteiger partial charge on any atom is 0.0737 e. The molecule has 168 valence electrons. The van der Waals surface area contributed by atoms with E-state index in [1.807, 2.05) is 38.4 Å². The summed E-state index contributed by atoms with van der Waals surface area (Å²) in [5.41, 5.74) is 8.58. The Morgan fingerprint density at radius 3 is 2.81 bits per heavy atom. The van der Waals surface area contributed by atoms with E-state index in [1.54, 1.807) is 12.4 Å². The highest BCUT2D eigenvalue weighted by molar-refractivity contribution is 5.97. The molecule has 0 amide bonds. The summed E-state index contributed by atoms with van der Waals surface area (Å²) in [6.07, 6.45) is 26.1. The van der Waals surface area contributed by atoms with Crippen LogP contribution < -0.4 is 5.43 Å². The maximum absolute atomic E-state index is 5.94. The number of aromatic nitrogens is 1. The van der Waals surface area contributed by atoms with Crippen LogP contribution in [0.5, 0.6) is 0 Å². The molecule has 1 aliphatic carbocycles. The molecule has 5 heteroatoms. The zero-order chi connectivity index (χ0) is 22.9. The molecule has 0 saturated carbocycles. The molecular formula is C27H34N4O. The first-order valence-electron chi connectivity index (χ1n) is 11.2. The molecular weight excluding hydrogens is 396 g/mol. The minimum absolute atomic E-state index is 0.496. The first-order valence-corrected chi connectivity index (χ1v) is 11.2. The van der Waals surface area contributed by atoms with Crippen molar-refractivity contribution in [3.63, 3.8) is 0 Å². The van der Waals surface area contributed by atoms with Crippen LogP contribution in [0.2, 0.25) is 0 Å². The lowest BCUT2D eigenvalue weighted by Crippen LogP contribution is -2.04. The number of ether oxygens (including phenoxy) is 1. The second-order valence-corrected chi connectivity index (χ2v) is 6.99.